The Bertz CT molecular complexity index is 927. The average molecular weight is 387 g/mol. The van der Waals surface area contributed by atoms with E-state index in [0.29, 0.717) is 28.9 Å². The van der Waals surface area contributed by atoms with E-state index in [1.165, 1.54) is 0 Å². The summed E-state index contributed by atoms with van der Waals surface area (Å²) in [6, 6.07) is 7.40. The molecule has 1 aromatic carbocycles. The minimum atomic E-state index is 0.203. The van der Waals surface area contributed by atoms with E-state index in [2.05, 4.69) is 20.5 Å². The van der Waals surface area contributed by atoms with Gasteiger partial charge in [-0.3, -0.25) is 4.79 Å². The van der Waals surface area contributed by atoms with Gasteiger partial charge in [0.15, 0.2) is 5.69 Å². The molecule has 3 heterocycles. The minimum absolute atomic E-state index is 0.203. The Morgan fingerprint density at radius 2 is 2.00 bits per heavy atom. The molecular weight excluding hydrogens is 368 g/mol. The van der Waals surface area contributed by atoms with E-state index in [9.17, 15) is 4.79 Å². The molecule has 0 spiro atoms. The summed E-state index contributed by atoms with van der Waals surface area (Å²) in [5, 5.41) is 13.1. The Morgan fingerprint density at radius 1 is 1.26 bits per heavy atom. The van der Waals surface area contributed by atoms with E-state index in [4.69, 9.17) is 16.1 Å². The molecule has 4 rings (SSSR count). The molecule has 27 heavy (non-hydrogen) atoms. The van der Waals surface area contributed by atoms with Crippen LogP contribution in [-0.2, 0) is 4.79 Å². The molecule has 0 atom stereocenters. The van der Waals surface area contributed by atoms with Gasteiger partial charge < -0.3 is 9.42 Å². The lowest BCUT2D eigenvalue weighted by atomic mass is 10.1. The molecule has 0 aliphatic carbocycles. The monoisotopic (exact) mass is 386 g/mol. The zero-order chi connectivity index (χ0) is 18.8. The SMILES string of the molecule is CCC(=O)N1CCC(n2cc(-c3noc(-c4ccc(Cl)cc4)n3)nn2)CC1. The third kappa shape index (κ3) is 3.71. The molecule has 0 bridgehead atoms. The first-order valence-corrected chi connectivity index (χ1v) is 9.31. The molecule has 0 unspecified atom stereocenters. The zero-order valence-corrected chi connectivity index (χ0v) is 15.6. The second-order valence-corrected chi connectivity index (χ2v) is 6.92. The van der Waals surface area contributed by atoms with Gasteiger partial charge in [-0.2, -0.15) is 4.98 Å². The second kappa shape index (κ2) is 7.48. The maximum absolute atomic E-state index is 11.8. The van der Waals surface area contributed by atoms with Gasteiger partial charge in [-0.05, 0) is 37.1 Å². The molecule has 9 heteroatoms. The van der Waals surface area contributed by atoms with Crippen molar-refractivity contribution < 1.29 is 9.32 Å². The number of rotatable bonds is 4. The Kier molecular flexibility index (Phi) is 4.89. The van der Waals surface area contributed by atoms with Crippen LogP contribution >= 0.6 is 11.6 Å². The van der Waals surface area contributed by atoms with Gasteiger partial charge in [-0.25, -0.2) is 4.68 Å². The van der Waals surface area contributed by atoms with Crippen LogP contribution in [0.3, 0.4) is 0 Å². The number of hydrogen-bond acceptors (Lipinski definition) is 6. The number of carbonyl (C=O) groups is 1. The van der Waals surface area contributed by atoms with Gasteiger partial charge in [-0.1, -0.05) is 28.9 Å². The summed E-state index contributed by atoms with van der Waals surface area (Å²) in [5.74, 6) is 1.00. The van der Waals surface area contributed by atoms with Crippen molar-refractivity contribution in [1.29, 1.82) is 0 Å². The summed E-state index contributed by atoms with van der Waals surface area (Å²) in [7, 11) is 0. The third-order valence-corrected chi connectivity index (χ3v) is 5.00. The van der Waals surface area contributed by atoms with E-state index in [1.54, 1.807) is 12.1 Å². The normalized spacial score (nSPS) is 15.3. The summed E-state index contributed by atoms with van der Waals surface area (Å²) in [4.78, 5) is 18.1. The van der Waals surface area contributed by atoms with Crippen molar-refractivity contribution in [3.05, 3.63) is 35.5 Å². The molecule has 2 aromatic heterocycles. The van der Waals surface area contributed by atoms with Crippen LogP contribution in [0.4, 0.5) is 0 Å². The fourth-order valence-electron chi connectivity index (χ4n) is 3.20. The predicted octanol–water partition coefficient (Wildman–Crippen LogP) is 3.22. The molecule has 8 nitrogen and oxygen atoms in total. The maximum Gasteiger partial charge on any atom is 0.258 e. The Morgan fingerprint density at radius 3 is 2.70 bits per heavy atom. The van der Waals surface area contributed by atoms with Crippen LogP contribution in [0, 0.1) is 0 Å². The highest BCUT2D eigenvalue weighted by atomic mass is 35.5. The van der Waals surface area contributed by atoms with Crippen molar-refractivity contribution in [1.82, 2.24) is 30.0 Å². The van der Waals surface area contributed by atoms with Gasteiger partial charge in [0.1, 0.15) is 0 Å². The van der Waals surface area contributed by atoms with Crippen molar-refractivity contribution in [3.8, 4) is 23.0 Å². The maximum atomic E-state index is 11.8. The van der Waals surface area contributed by atoms with Crippen molar-refractivity contribution in [2.24, 2.45) is 0 Å². The number of benzene rings is 1. The third-order valence-electron chi connectivity index (χ3n) is 4.75. The Hall–Kier alpha value is -2.74. The summed E-state index contributed by atoms with van der Waals surface area (Å²) in [6.45, 7) is 3.38. The number of likely N-dealkylation sites (tertiary alicyclic amines) is 1. The highest BCUT2D eigenvalue weighted by Gasteiger charge is 2.24. The minimum Gasteiger partial charge on any atom is -0.343 e. The van der Waals surface area contributed by atoms with Crippen LogP contribution in [-0.4, -0.2) is 49.0 Å². The van der Waals surface area contributed by atoms with E-state index in [-0.39, 0.29) is 11.9 Å². The van der Waals surface area contributed by atoms with Crippen molar-refractivity contribution in [2.75, 3.05) is 13.1 Å². The molecule has 1 amide bonds. The highest BCUT2D eigenvalue weighted by Crippen LogP contribution is 2.25. The largest absolute Gasteiger partial charge is 0.343 e. The van der Waals surface area contributed by atoms with Crippen LogP contribution in [0.2, 0.25) is 5.02 Å². The summed E-state index contributed by atoms with van der Waals surface area (Å²) >= 11 is 5.90. The molecular formula is C18H19ClN6O2. The summed E-state index contributed by atoms with van der Waals surface area (Å²) in [5.41, 5.74) is 1.35. The number of aromatic nitrogens is 5. The van der Waals surface area contributed by atoms with Gasteiger partial charge in [0.05, 0.1) is 12.2 Å². The lowest BCUT2D eigenvalue weighted by molar-refractivity contribution is -0.132. The molecule has 1 aliphatic rings. The van der Waals surface area contributed by atoms with E-state index >= 15 is 0 Å². The smallest absolute Gasteiger partial charge is 0.258 e. The number of carbonyl (C=O) groups excluding carboxylic acids is 1. The summed E-state index contributed by atoms with van der Waals surface area (Å²) < 4.78 is 7.16. The number of hydrogen-bond donors (Lipinski definition) is 0. The number of amides is 1. The molecule has 0 radical (unpaired) electrons. The first kappa shape index (κ1) is 17.7. The quantitative estimate of drug-likeness (QED) is 0.683. The second-order valence-electron chi connectivity index (χ2n) is 6.48. The van der Waals surface area contributed by atoms with Gasteiger partial charge >= 0.3 is 0 Å². The lowest BCUT2D eigenvalue weighted by Gasteiger charge is -2.31. The van der Waals surface area contributed by atoms with Gasteiger partial charge in [-0.15, -0.1) is 5.10 Å². The molecule has 0 N–H and O–H groups in total. The predicted molar refractivity (Wildman–Crippen MR) is 98.9 cm³/mol. The Balaban J connectivity index is 1.46. The van der Waals surface area contributed by atoms with E-state index in [1.807, 2.05) is 34.8 Å². The van der Waals surface area contributed by atoms with Crippen molar-refractivity contribution >= 4 is 17.5 Å². The fraction of sp³-hybridized carbons (Fsp3) is 0.389. The highest BCUT2D eigenvalue weighted by molar-refractivity contribution is 6.30. The van der Waals surface area contributed by atoms with Crippen LogP contribution in [0.15, 0.2) is 35.0 Å². The van der Waals surface area contributed by atoms with Crippen LogP contribution in [0.5, 0.6) is 0 Å². The number of piperidine rings is 1. The molecule has 1 aliphatic heterocycles. The van der Waals surface area contributed by atoms with Crippen LogP contribution < -0.4 is 0 Å². The summed E-state index contributed by atoms with van der Waals surface area (Å²) in [6.07, 6.45) is 4.10. The molecule has 3 aromatic rings. The average Bonchev–Trinajstić information content (AvgIpc) is 3.38. The number of nitrogens with zero attached hydrogens (tertiary/aromatic N) is 6. The molecule has 1 fully saturated rings. The van der Waals surface area contributed by atoms with E-state index in [0.717, 1.165) is 31.5 Å². The molecule has 1 saturated heterocycles. The Labute approximate surface area is 161 Å². The van der Waals surface area contributed by atoms with Crippen molar-refractivity contribution in [2.45, 2.75) is 32.2 Å². The van der Waals surface area contributed by atoms with Gasteiger partial charge in [0.2, 0.25) is 11.7 Å². The van der Waals surface area contributed by atoms with E-state index < -0.39 is 0 Å². The van der Waals surface area contributed by atoms with Crippen molar-refractivity contribution in [3.63, 3.8) is 0 Å². The zero-order valence-electron chi connectivity index (χ0n) is 14.9. The van der Waals surface area contributed by atoms with Crippen LogP contribution in [0.25, 0.3) is 23.0 Å². The molecule has 0 saturated carbocycles. The lowest BCUT2D eigenvalue weighted by Crippen LogP contribution is -2.38. The fourth-order valence-corrected chi connectivity index (χ4v) is 3.32. The van der Waals surface area contributed by atoms with Gasteiger partial charge in [0, 0.05) is 30.1 Å². The topological polar surface area (TPSA) is 89.9 Å². The standard InChI is InChI=1S/C18H19ClN6O2/c1-2-16(26)24-9-7-14(8-10-24)25-11-15(21-23-25)17-20-18(27-22-17)12-3-5-13(19)6-4-12/h3-6,11,14H,2,7-10H2,1H3. The first-order chi connectivity index (χ1) is 13.1. The van der Waals surface area contributed by atoms with Gasteiger partial charge in [0.25, 0.3) is 5.89 Å². The first-order valence-electron chi connectivity index (χ1n) is 8.93. The number of halogens is 1. The molecule has 140 valence electrons. The van der Waals surface area contributed by atoms with Crippen LogP contribution in [0.1, 0.15) is 32.2 Å².